The number of rotatable bonds is 6. The average Bonchev–Trinajstić information content (AvgIpc) is 2.65. The van der Waals surface area contributed by atoms with Crippen molar-refractivity contribution in [1.29, 1.82) is 0 Å². The van der Waals surface area contributed by atoms with Crippen molar-refractivity contribution in [2.45, 2.75) is 52.5 Å². The van der Waals surface area contributed by atoms with Gasteiger partial charge in [-0.15, -0.1) is 0 Å². The van der Waals surface area contributed by atoms with Crippen LogP contribution in [0.1, 0.15) is 46.5 Å². The minimum Gasteiger partial charge on any atom is -0.481 e. The second-order valence-corrected chi connectivity index (χ2v) is 5.90. The Bertz CT molecular complexity index is 320. The number of carboxylic acids is 1. The van der Waals surface area contributed by atoms with Crippen LogP contribution in [0.2, 0.25) is 0 Å². The molecule has 110 valence electrons. The van der Waals surface area contributed by atoms with Crippen LogP contribution < -0.4 is 5.32 Å². The minimum atomic E-state index is -0.754. The Hall–Kier alpha value is -1.26. The monoisotopic (exact) mass is 270 g/mol. The summed E-state index contributed by atoms with van der Waals surface area (Å²) in [5.74, 6) is 0.150. The van der Waals surface area contributed by atoms with Gasteiger partial charge in [-0.05, 0) is 38.0 Å². The Balaban J connectivity index is 2.18. The number of nitrogens with zero attached hydrogens (tertiary/aromatic N) is 1. The third-order valence-corrected chi connectivity index (χ3v) is 3.81. The third kappa shape index (κ3) is 5.49. The van der Waals surface area contributed by atoms with Gasteiger partial charge in [-0.3, -0.25) is 4.79 Å². The highest BCUT2D eigenvalue weighted by Crippen LogP contribution is 2.22. The van der Waals surface area contributed by atoms with E-state index in [1.807, 2.05) is 11.8 Å². The molecule has 3 atom stereocenters. The van der Waals surface area contributed by atoms with E-state index in [1.165, 1.54) is 0 Å². The fraction of sp³-hybridized carbons (Fsp3) is 0.857. The lowest BCUT2D eigenvalue weighted by molar-refractivity contribution is -0.137. The predicted molar refractivity (Wildman–Crippen MR) is 74.0 cm³/mol. The van der Waals surface area contributed by atoms with Crippen LogP contribution in [0.25, 0.3) is 0 Å². The summed E-state index contributed by atoms with van der Waals surface area (Å²) in [6, 6.07) is 0.335. The molecule has 0 radical (unpaired) electrons. The third-order valence-electron chi connectivity index (χ3n) is 3.81. The van der Waals surface area contributed by atoms with Crippen LogP contribution >= 0.6 is 0 Å². The quantitative estimate of drug-likeness (QED) is 0.778. The topological polar surface area (TPSA) is 69.6 Å². The van der Waals surface area contributed by atoms with E-state index in [0.29, 0.717) is 30.8 Å². The molecule has 0 aromatic carbocycles. The molecule has 1 aliphatic rings. The molecule has 3 unspecified atom stereocenters. The second-order valence-electron chi connectivity index (χ2n) is 5.90. The van der Waals surface area contributed by atoms with E-state index in [4.69, 9.17) is 5.11 Å². The number of hydrogen-bond donors (Lipinski definition) is 2. The molecular weight excluding hydrogens is 244 g/mol. The fourth-order valence-corrected chi connectivity index (χ4v) is 2.62. The van der Waals surface area contributed by atoms with Gasteiger partial charge in [0.25, 0.3) is 0 Å². The highest BCUT2D eigenvalue weighted by Gasteiger charge is 2.29. The lowest BCUT2D eigenvalue weighted by atomic mass is 10.0. The van der Waals surface area contributed by atoms with Crippen LogP contribution in [0.5, 0.6) is 0 Å². The molecule has 0 saturated carbocycles. The van der Waals surface area contributed by atoms with E-state index in [1.54, 1.807) is 0 Å². The van der Waals surface area contributed by atoms with Crippen LogP contribution in [-0.2, 0) is 4.79 Å². The molecule has 1 aliphatic heterocycles. The van der Waals surface area contributed by atoms with Gasteiger partial charge >= 0.3 is 12.0 Å². The van der Waals surface area contributed by atoms with Gasteiger partial charge in [0.1, 0.15) is 0 Å². The highest BCUT2D eigenvalue weighted by molar-refractivity contribution is 5.74. The molecule has 2 amide bonds. The van der Waals surface area contributed by atoms with Crippen molar-refractivity contribution in [3.63, 3.8) is 0 Å². The number of aliphatic carboxylic acids is 1. The van der Waals surface area contributed by atoms with E-state index in [-0.39, 0.29) is 12.5 Å². The zero-order valence-corrected chi connectivity index (χ0v) is 12.2. The lowest BCUT2D eigenvalue weighted by Crippen LogP contribution is -2.42. The Morgan fingerprint density at radius 2 is 2.05 bits per heavy atom. The van der Waals surface area contributed by atoms with Crippen molar-refractivity contribution in [2.24, 2.45) is 11.8 Å². The molecule has 5 nitrogen and oxygen atoms in total. The molecule has 0 aromatic heterocycles. The van der Waals surface area contributed by atoms with Gasteiger partial charge in [-0.1, -0.05) is 13.8 Å². The van der Waals surface area contributed by atoms with Crippen molar-refractivity contribution in [2.75, 3.05) is 13.1 Å². The first-order chi connectivity index (χ1) is 8.90. The van der Waals surface area contributed by atoms with Gasteiger partial charge in [-0.2, -0.15) is 0 Å². The minimum absolute atomic E-state index is 0.0160. The van der Waals surface area contributed by atoms with Crippen LogP contribution in [0.15, 0.2) is 0 Å². The number of carbonyl (C=O) groups is 2. The van der Waals surface area contributed by atoms with Crippen LogP contribution in [0.3, 0.4) is 0 Å². The highest BCUT2D eigenvalue weighted by atomic mass is 16.4. The summed E-state index contributed by atoms with van der Waals surface area (Å²) in [5, 5.41) is 11.5. The van der Waals surface area contributed by atoms with Gasteiger partial charge in [0.05, 0.1) is 0 Å². The second kappa shape index (κ2) is 7.36. The summed E-state index contributed by atoms with van der Waals surface area (Å²) >= 11 is 0. The maximum Gasteiger partial charge on any atom is 0.317 e. The maximum atomic E-state index is 12.0. The molecule has 0 aromatic rings. The van der Waals surface area contributed by atoms with Gasteiger partial charge in [0.15, 0.2) is 0 Å². The average molecular weight is 270 g/mol. The van der Waals surface area contributed by atoms with E-state index in [2.05, 4.69) is 19.2 Å². The standard InChI is InChI=1S/C14H26N2O3/c1-10(4-5-13(17)18)6-7-15-14(19)16-9-11(2)8-12(16)3/h10-12H,4-9H2,1-3H3,(H,15,19)(H,17,18). The molecule has 1 heterocycles. The Labute approximate surface area is 115 Å². The van der Waals surface area contributed by atoms with Crippen molar-refractivity contribution < 1.29 is 14.7 Å². The molecule has 1 fully saturated rings. The van der Waals surface area contributed by atoms with Crippen LogP contribution in [0, 0.1) is 11.8 Å². The Kier molecular flexibility index (Phi) is 6.12. The van der Waals surface area contributed by atoms with Gasteiger partial charge in [0.2, 0.25) is 0 Å². The normalized spacial score (nSPS) is 24.3. The number of amides is 2. The molecule has 0 bridgehead atoms. The molecule has 0 aliphatic carbocycles. The Morgan fingerprint density at radius 1 is 1.37 bits per heavy atom. The number of hydrogen-bond acceptors (Lipinski definition) is 2. The molecule has 5 heteroatoms. The lowest BCUT2D eigenvalue weighted by Gasteiger charge is -2.22. The molecule has 2 N–H and O–H groups in total. The molecular formula is C14H26N2O3. The van der Waals surface area contributed by atoms with Crippen molar-refractivity contribution >= 4 is 12.0 Å². The summed E-state index contributed by atoms with van der Waals surface area (Å²) in [7, 11) is 0. The van der Waals surface area contributed by atoms with E-state index in [9.17, 15) is 9.59 Å². The summed E-state index contributed by atoms with van der Waals surface area (Å²) in [6.45, 7) is 7.73. The van der Waals surface area contributed by atoms with Crippen LogP contribution in [-0.4, -0.2) is 41.1 Å². The largest absolute Gasteiger partial charge is 0.481 e. The number of carboxylic acid groups (broad SMARTS) is 1. The zero-order chi connectivity index (χ0) is 14.4. The predicted octanol–water partition coefficient (Wildman–Crippen LogP) is 2.32. The van der Waals surface area contributed by atoms with E-state index >= 15 is 0 Å². The van der Waals surface area contributed by atoms with E-state index < -0.39 is 5.97 Å². The maximum absolute atomic E-state index is 12.0. The molecule has 1 saturated heterocycles. The number of nitrogens with one attached hydrogen (secondary N) is 1. The Morgan fingerprint density at radius 3 is 2.58 bits per heavy atom. The number of urea groups is 1. The summed E-state index contributed by atoms with van der Waals surface area (Å²) in [5.41, 5.74) is 0. The first kappa shape index (κ1) is 15.8. The first-order valence-electron chi connectivity index (χ1n) is 7.16. The SMILES string of the molecule is CC(CCNC(=O)N1CC(C)CC1C)CCC(=O)O. The van der Waals surface area contributed by atoms with Crippen molar-refractivity contribution in [3.05, 3.63) is 0 Å². The van der Waals surface area contributed by atoms with Crippen molar-refractivity contribution in [1.82, 2.24) is 10.2 Å². The summed E-state index contributed by atoms with van der Waals surface area (Å²) < 4.78 is 0. The van der Waals surface area contributed by atoms with Crippen LogP contribution in [0.4, 0.5) is 4.79 Å². The summed E-state index contributed by atoms with van der Waals surface area (Å²) in [4.78, 5) is 24.3. The molecule has 19 heavy (non-hydrogen) atoms. The van der Waals surface area contributed by atoms with Crippen molar-refractivity contribution in [3.8, 4) is 0 Å². The summed E-state index contributed by atoms with van der Waals surface area (Å²) in [6.07, 6.45) is 2.78. The van der Waals surface area contributed by atoms with Gasteiger partial charge in [0, 0.05) is 25.6 Å². The first-order valence-corrected chi connectivity index (χ1v) is 7.16. The van der Waals surface area contributed by atoms with Gasteiger partial charge in [-0.25, -0.2) is 4.79 Å². The molecule has 1 rings (SSSR count). The number of likely N-dealkylation sites (tertiary alicyclic amines) is 1. The smallest absolute Gasteiger partial charge is 0.317 e. The zero-order valence-electron chi connectivity index (χ0n) is 12.2. The molecule has 0 spiro atoms. The van der Waals surface area contributed by atoms with E-state index in [0.717, 1.165) is 19.4 Å². The van der Waals surface area contributed by atoms with Gasteiger partial charge < -0.3 is 15.3 Å². The fourth-order valence-electron chi connectivity index (χ4n) is 2.62. The number of carbonyl (C=O) groups excluding carboxylic acids is 1.